The zero-order valence-corrected chi connectivity index (χ0v) is 13.7. The molecule has 0 spiro atoms. The molecule has 118 valence electrons. The molecule has 1 heterocycles. The summed E-state index contributed by atoms with van der Waals surface area (Å²) in [5.41, 5.74) is 0. The molecular weight excluding hydrogens is 264 g/mol. The predicted molar refractivity (Wildman–Crippen MR) is 85.1 cm³/mol. The van der Waals surface area contributed by atoms with Crippen molar-refractivity contribution in [1.29, 1.82) is 0 Å². The number of rotatable bonds is 4. The van der Waals surface area contributed by atoms with Crippen LogP contribution in [0.2, 0.25) is 0 Å². The molecule has 0 bridgehead atoms. The molecule has 2 unspecified atom stereocenters. The van der Waals surface area contributed by atoms with Crippen LogP contribution in [0.5, 0.6) is 0 Å². The highest BCUT2D eigenvalue weighted by molar-refractivity contribution is 5.79. The number of guanidine groups is 1. The summed E-state index contributed by atoms with van der Waals surface area (Å²) in [5.74, 6) is 3.56. The fourth-order valence-corrected chi connectivity index (χ4v) is 2.95. The molecule has 1 aliphatic rings. The van der Waals surface area contributed by atoms with E-state index in [4.69, 9.17) is 0 Å². The molecule has 1 aliphatic carbocycles. The summed E-state index contributed by atoms with van der Waals surface area (Å²) in [5, 5.41) is 15.1. The summed E-state index contributed by atoms with van der Waals surface area (Å²) < 4.78 is 1.99. The van der Waals surface area contributed by atoms with E-state index in [1.54, 1.807) is 0 Å². The van der Waals surface area contributed by atoms with E-state index in [2.05, 4.69) is 32.7 Å². The molecule has 0 saturated heterocycles. The Balaban J connectivity index is 1.84. The summed E-state index contributed by atoms with van der Waals surface area (Å²) in [4.78, 5) is 4.32. The first kappa shape index (κ1) is 15.8. The Labute approximate surface area is 127 Å². The number of aromatic nitrogens is 3. The van der Waals surface area contributed by atoms with Crippen molar-refractivity contribution in [2.75, 3.05) is 7.05 Å². The van der Waals surface area contributed by atoms with Crippen LogP contribution in [-0.2, 0) is 13.6 Å². The maximum absolute atomic E-state index is 4.32. The van der Waals surface area contributed by atoms with Crippen LogP contribution in [0.3, 0.4) is 0 Å². The van der Waals surface area contributed by atoms with Gasteiger partial charge in [0, 0.05) is 20.1 Å². The van der Waals surface area contributed by atoms with Crippen molar-refractivity contribution in [1.82, 2.24) is 25.4 Å². The SMILES string of the molecule is CCC1CCCC(NC(=NC)NCc2nnc(C)n2C)C1. The number of aliphatic imine (C=N–C) groups is 1. The highest BCUT2D eigenvalue weighted by Gasteiger charge is 2.21. The fourth-order valence-electron chi connectivity index (χ4n) is 2.95. The van der Waals surface area contributed by atoms with Crippen LogP contribution in [0.4, 0.5) is 0 Å². The molecule has 1 aromatic rings. The first-order chi connectivity index (χ1) is 10.1. The van der Waals surface area contributed by atoms with Crippen molar-refractivity contribution >= 4 is 5.96 Å². The molecule has 0 aromatic carbocycles. The van der Waals surface area contributed by atoms with Crippen molar-refractivity contribution in [3.63, 3.8) is 0 Å². The normalized spacial score (nSPS) is 23.1. The minimum atomic E-state index is 0.538. The molecule has 1 fully saturated rings. The molecule has 2 atom stereocenters. The Morgan fingerprint density at radius 2 is 2.19 bits per heavy atom. The third-order valence-corrected chi connectivity index (χ3v) is 4.52. The van der Waals surface area contributed by atoms with E-state index in [1.807, 2.05) is 25.6 Å². The lowest BCUT2D eigenvalue weighted by Gasteiger charge is -2.30. The van der Waals surface area contributed by atoms with Gasteiger partial charge in [0.25, 0.3) is 0 Å². The molecule has 0 radical (unpaired) electrons. The zero-order chi connectivity index (χ0) is 15.2. The maximum atomic E-state index is 4.32. The Kier molecular flexibility index (Phi) is 5.59. The van der Waals surface area contributed by atoms with Gasteiger partial charge in [-0.2, -0.15) is 0 Å². The lowest BCUT2D eigenvalue weighted by molar-refractivity contribution is 0.298. The first-order valence-corrected chi connectivity index (χ1v) is 7.96. The molecule has 21 heavy (non-hydrogen) atoms. The number of aryl methyl sites for hydroxylation is 1. The molecule has 2 N–H and O–H groups in total. The van der Waals surface area contributed by atoms with Gasteiger partial charge in [-0.25, -0.2) is 0 Å². The highest BCUT2D eigenvalue weighted by Crippen LogP contribution is 2.26. The van der Waals surface area contributed by atoms with E-state index in [-0.39, 0.29) is 0 Å². The van der Waals surface area contributed by atoms with Gasteiger partial charge in [-0.1, -0.05) is 26.2 Å². The van der Waals surface area contributed by atoms with Gasteiger partial charge in [-0.3, -0.25) is 4.99 Å². The van der Waals surface area contributed by atoms with Crippen molar-refractivity contribution < 1.29 is 0 Å². The smallest absolute Gasteiger partial charge is 0.191 e. The van der Waals surface area contributed by atoms with Crippen molar-refractivity contribution in [2.45, 2.75) is 58.5 Å². The third kappa shape index (κ3) is 4.19. The second-order valence-corrected chi connectivity index (χ2v) is 5.93. The van der Waals surface area contributed by atoms with Crippen LogP contribution in [0.25, 0.3) is 0 Å². The maximum Gasteiger partial charge on any atom is 0.191 e. The molecule has 6 nitrogen and oxygen atoms in total. The van der Waals surface area contributed by atoms with Gasteiger partial charge < -0.3 is 15.2 Å². The summed E-state index contributed by atoms with van der Waals surface area (Å²) in [6.45, 7) is 4.88. The number of hydrogen-bond acceptors (Lipinski definition) is 3. The van der Waals surface area contributed by atoms with Gasteiger partial charge in [-0.05, 0) is 25.7 Å². The van der Waals surface area contributed by atoms with Crippen LogP contribution in [0.1, 0.15) is 50.7 Å². The Morgan fingerprint density at radius 1 is 1.38 bits per heavy atom. The lowest BCUT2D eigenvalue weighted by Crippen LogP contribution is -2.45. The second kappa shape index (κ2) is 7.43. The quantitative estimate of drug-likeness (QED) is 0.655. The number of hydrogen-bond donors (Lipinski definition) is 2. The van der Waals surface area contributed by atoms with Gasteiger partial charge in [0.15, 0.2) is 11.8 Å². The highest BCUT2D eigenvalue weighted by atomic mass is 15.3. The van der Waals surface area contributed by atoms with Crippen LogP contribution in [0, 0.1) is 12.8 Å². The third-order valence-electron chi connectivity index (χ3n) is 4.52. The van der Waals surface area contributed by atoms with Gasteiger partial charge in [-0.15, -0.1) is 10.2 Å². The van der Waals surface area contributed by atoms with E-state index >= 15 is 0 Å². The van der Waals surface area contributed by atoms with E-state index in [9.17, 15) is 0 Å². The molecule has 0 aliphatic heterocycles. The minimum Gasteiger partial charge on any atom is -0.354 e. The summed E-state index contributed by atoms with van der Waals surface area (Å²) in [6, 6.07) is 0.538. The molecule has 6 heteroatoms. The largest absolute Gasteiger partial charge is 0.354 e. The second-order valence-electron chi connectivity index (χ2n) is 5.93. The Morgan fingerprint density at radius 3 is 2.81 bits per heavy atom. The predicted octanol–water partition coefficient (Wildman–Crippen LogP) is 1.76. The fraction of sp³-hybridized carbons (Fsp3) is 0.800. The number of nitrogens with zero attached hydrogens (tertiary/aromatic N) is 4. The summed E-state index contributed by atoms with van der Waals surface area (Å²) in [6.07, 6.45) is 6.46. The van der Waals surface area contributed by atoms with E-state index < -0.39 is 0 Å². The van der Waals surface area contributed by atoms with Crippen molar-refractivity contribution in [3.05, 3.63) is 11.6 Å². The lowest BCUT2D eigenvalue weighted by atomic mass is 9.84. The van der Waals surface area contributed by atoms with E-state index in [0.717, 1.165) is 23.5 Å². The molecule has 0 amide bonds. The van der Waals surface area contributed by atoms with Crippen LogP contribution < -0.4 is 10.6 Å². The van der Waals surface area contributed by atoms with Crippen molar-refractivity contribution in [2.24, 2.45) is 18.0 Å². The van der Waals surface area contributed by atoms with Gasteiger partial charge in [0.05, 0.1) is 6.54 Å². The van der Waals surface area contributed by atoms with Gasteiger partial charge in [0.1, 0.15) is 5.82 Å². The molecular formula is C15H28N6. The van der Waals surface area contributed by atoms with Gasteiger partial charge >= 0.3 is 0 Å². The Bertz CT molecular complexity index is 479. The van der Waals surface area contributed by atoms with Crippen molar-refractivity contribution in [3.8, 4) is 0 Å². The van der Waals surface area contributed by atoms with E-state index in [0.29, 0.717) is 12.6 Å². The van der Waals surface area contributed by atoms with Crippen LogP contribution in [-0.4, -0.2) is 33.8 Å². The first-order valence-electron chi connectivity index (χ1n) is 7.96. The molecule has 1 saturated carbocycles. The van der Waals surface area contributed by atoms with Crippen LogP contribution in [0.15, 0.2) is 4.99 Å². The average molecular weight is 292 g/mol. The van der Waals surface area contributed by atoms with Gasteiger partial charge in [0.2, 0.25) is 0 Å². The molecule has 1 aromatic heterocycles. The topological polar surface area (TPSA) is 67.1 Å². The minimum absolute atomic E-state index is 0.538. The monoisotopic (exact) mass is 292 g/mol. The molecule has 2 rings (SSSR count). The standard InChI is InChI=1S/C15H28N6/c1-5-12-7-6-8-13(9-12)18-15(16-3)17-10-14-20-19-11(2)21(14)4/h12-13H,5-10H2,1-4H3,(H2,16,17,18). The number of nitrogens with one attached hydrogen (secondary N) is 2. The summed E-state index contributed by atoms with van der Waals surface area (Å²) >= 11 is 0. The zero-order valence-electron chi connectivity index (χ0n) is 13.7. The summed E-state index contributed by atoms with van der Waals surface area (Å²) in [7, 11) is 3.80. The average Bonchev–Trinajstić information content (AvgIpc) is 2.83. The van der Waals surface area contributed by atoms with E-state index in [1.165, 1.54) is 32.1 Å². The Hall–Kier alpha value is -1.59. The van der Waals surface area contributed by atoms with Crippen LogP contribution >= 0.6 is 0 Å².